The Morgan fingerprint density at radius 2 is 0.836 bits per heavy atom. The van der Waals surface area contributed by atoms with Crippen molar-refractivity contribution in [3.05, 3.63) is 171 Å². The fourth-order valence-electron chi connectivity index (χ4n) is 13.2. The highest BCUT2D eigenvalue weighted by Gasteiger charge is 2.44. The van der Waals surface area contributed by atoms with E-state index in [9.17, 15) is 70.7 Å². The van der Waals surface area contributed by atoms with Gasteiger partial charge in [0.15, 0.2) is 22.7 Å². The number of aromatic amines is 1. The first kappa shape index (κ1) is 111. The summed E-state index contributed by atoms with van der Waals surface area (Å²) < 4.78 is 66.1. The van der Waals surface area contributed by atoms with Gasteiger partial charge < -0.3 is 72.0 Å². The van der Waals surface area contributed by atoms with Crippen LogP contribution in [0.15, 0.2) is 132 Å². The van der Waals surface area contributed by atoms with E-state index in [1.807, 2.05) is 74.8 Å². The molecule has 5 atom stereocenters. The number of ketones is 2. The Balaban J connectivity index is 0.000000387. The van der Waals surface area contributed by atoms with Crippen LogP contribution in [0.3, 0.4) is 0 Å². The summed E-state index contributed by atoms with van der Waals surface area (Å²) in [5, 5.41) is 22.1. The minimum absolute atomic E-state index is 0.0136. The number of nitrogens with one attached hydrogen (secondary N) is 9. The van der Waals surface area contributed by atoms with Crippen molar-refractivity contribution in [2.24, 2.45) is 0 Å². The minimum atomic E-state index is -5.29. The van der Waals surface area contributed by atoms with Gasteiger partial charge in [-0.1, -0.05) is 97.1 Å². The van der Waals surface area contributed by atoms with Gasteiger partial charge in [-0.15, -0.1) is 0 Å². The van der Waals surface area contributed by atoms with E-state index in [1.165, 1.54) is 46.3 Å². The average Bonchev–Trinajstić information content (AvgIpc) is 1.62. The zero-order valence-corrected chi connectivity index (χ0v) is 81.4. The van der Waals surface area contributed by atoms with Crippen LogP contribution in [0, 0.1) is 0 Å². The monoisotopic (exact) mass is 1990 g/mol. The molecule has 2 aliphatic carbocycles. The minimum Gasteiger partial charge on any atom is -0.467 e. The van der Waals surface area contributed by atoms with E-state index in [-0.39, 0.29) is 90.6 Å². The number of nitrogen functional groups attached to an aromatic ring is 1. The zero-order valence-electron chi connectivity index (χ0n) is 71.2. The van der Waals surface area contributed by atoms with E-state index in [4.69, 9.17) is 29.4 Å². The standard InChI is InChI=1S/C30H36F3N9O7.C29H37N3O6.C23H28N2O4.3P2S2/c1-16(43)20(11-12-22(44)38-21(27(47)49-3)6-4-5-13-35-2)39-25(45)17-7-9-19(10-8-17)42(28(48)30(31,32)33)15-18-14-36-24-23(37-18)26(46)41-29(34)40-24;1-19(33)25(15-16-27(34)31-26(28(35)37-3)14-8-9-17-30-2)32-29(36)38-18-24-22-12-6-4-10-20(22)21-11-5-7-13-23(21)24;1-24-14-8-7-13-21(22(26)28-2)25-23(27)29-15-20-18-11-5-3-9-16(18)17-10-4-6-12-19(17)20;3*3-1-2-4/h7-10,14,20-21,35H,4-6,11-13,15H2,1-3H3,(H,38,44)(H,39,45)(H3,34,36,40,41,46);4-7,10-13,24-26,30H,8-9,14-18H2,1-3H3,(H,31,34)(H,32,36);3-6,9-12,20-21,24H,7-8,13-15H2,1-2H3,(H,25,27);;;. The molecule has 46 heteroatoms. The van der Waals surface area contributed by atoms with Crippen molar-refractivity contribution in [2.75, 3.05) is 86.0 Å². The summed E-state index contributed by atoms with van der Waals surface area (Å²) in [7, 11) is 14.5. The van der Waals surface area contributed by atoms with Crippen molar-refractivity contribution in [2.45, 2.75) is 152 Å². The van der Waals surface area contributed by atoms with E-state index >= 15 is 0 Å². The first-order valence-electron chi connectivity index (χ1n) is 39.7. The van der Waals surface area contributed by atoms with Gasteiger partial charge in [-0.05, 0) is 265 Å². The second-order valence-electron chi connectivity index (χ2n) is 27.9. The predicted octanol–water partition coefficient (Wildman–Crippen LogP) is 12.8. The van der Waals surface area contributed by atoms with Crippen molar-refractivity contribution in [3.63, 3.8) is 0 Å². The maximum Gasteiger partial charge on any atom is 0.471 e. The number of Topliss-reactive ketones (excluding diaryl/α,β-unsaturated/α-hetero) is 2. The third kappa shape index (κ3) is 38.3. The highest BCUT2D eigenvalue weighted by molar-refractivity contribution is 8.41. The molecule has 0 bridgehead atoms. The lowest BCUT2D eigenvalue weighted by Crippen LogP contribution is -2.44. The molecule has 9 rings (SSSR count). The Bertz CT molecular complexity index is 4870. The highest BCUT2D eigenvalue weighted by atomic mass is 32.7. The molecule has 0 saturated heterocycles. The van der Waals surface area contributed by atoms with Crippen molar-refractivity contribution in [1.29, 1.82) is 0 Å². The second-order valence-corrected chi connectivity index (χ2v) is 40.6. The number of fused-ring (bicyclic) bond motifs is 7. The first-order chi connectivity index (χ1) is 61.4. The predicted molar refractivity (Wildman–Crippen MR) is 510 cm³/mol. The molecule has 11 N–H and O–H groups in total. The summed E-state index contributed by atoms with van der Waals surface area (Å²) in [6.45, 7) is 4.55. The van der Waals surface area contributed by atoms with Crippen LogP contribution in [0.5, 0.6) is 0 Å². The van der Waals surface area contributed by atoms with E-state index in [0.717, 1.165) is 158 Å². The maximum atomic E-state index is 13.6. The number of esters is 3. The number of nitrogens with two attached hydrogens (primary N) is 1. The van der Waals surface area contributed by atoms with Gasteiger partial charge in [-0.25, -0.2) is 33.9 Å². The number of alkyl halides is 3. The summed E-state index contributed by atoms with van der Waals surface area (Å²) >= 11 is 26.5. The molecule has 0 spiro atoms. The first-order valence-corrected chi connectivity index (χ1v) is 53.2. The van der Waals surface area contributed by atoms with E-state index < -0.39 is 108 Å². The Morgan fingerprint density at radius 3 is 1.18 bits per heavy atom. The van der Waals surface area contributed by atoms with E-state index in [1.54, 1.807) is 7.05 Å². The third-order valence-electron chi connectivity index (χ3n) is 19.3. The van der Waals surface area contributed by atoms with Gasteiger partial charge in [0.25, 0.3) is 11.5 Å². The van der Waals surface area contributed by atoms with E-state index in [2.05, 4.69) is 170 Å². The Hall–Kier alpha value is -8.92. The molecule has 5 aromatic carbocycles. The van der Waals surface area contributed by atoms with E-state index in [0.29, 0.717) is 30.6 Å². The van der Waals surface area contributed by atoms with Crippen LogP contribution in [0.25, 0.3) is 33.4 Å². The molecule has 128 heavy (non-hydrogen) atoms. The van der Waals surface area contributed by atoms with Gasteiger partial charge in [0.05, 0.1) is 51.8 Å². The van der Waals surface area contributed by atoms with Crippen molar-refractivity contribution in [3.8, 4) is 22.3 Å². The number of benzene rings is 5. The number of unbranched alkanes of at least 4 members (excludes halogenated alkanes) is 3. The van der Waals surface area contributed by atoms with Gasteiger partial charge in [0.2, 0.25) is 17.8 Å². The lowest BCUT2D eigenvalue weighted by atomic mass is 9.98. The average molecular weight is 1990 g/mol. The number of hydrogen-bond donors (Lipinski definition) is 10. The number of rotatable bonds is 42. The molecule has 0 fully saturated rings. The number of carbonyl (C=O) groups excluding carboxylic acids is 11. The Morgan fingerprint density at radius 1 is 0.484 bits per heavy atom. The Labute approximate surface area is 779 Å². The summed E-state index contributed by atoms with van der Waals surface area (Å²) in [6, 6.07) is 32.5. The third-order valence-corrected chi connectivity index (χ3v) is 27.3. The summed E-state index contributed by atoms with van der Waals surface area (Å²) in [5.74, 6) is -6.65. The van der Waals surface area contributed by atoms with Crippen molar-refractivity contribution in [1.82, 2.24) is 62.5 Å². The quantitative estimate of drug-likeness (QED) is 0.00735. The molecule has 2 aliphatic rings. The number of ether oxygens (including phenoxy) is 5. The van der Waals surface area contributed by atoms with Crippen molar-refractivity contribution < 1.29 is 89.6 Å². The molecule has 2 aromatic heterocycles. The lowest BCUT2D eigenvalue weighted by molar-refractivity contribution is -0.170. The molecule has 0 radical (unpaired) electrons. The van der Waals surface area contributed by atoms with Crippen LogP contribution in [0.2, 0.25) is 0 Å². The van der Waals surface area contributed by atoms with Gasteiger partial charge in [-0.3, -0.25) is 43.4 Å². The van der Waals surface area contributed by atoms with Crippen LogP contribution in [0.4, 0.5) is 34.4 Å². The Kier molecular flexibility index (Phi) is 53.6. The SMILES string of the molecule is CNCCCCC(NC(=O)CCC(NC(=O)OCC1c2ccccc2-c2ccccc21)C(C)=O)C(=O)OC.CNCCCCC(NC(=O)CCC(NC(=O)c1ccc(N(Cc2cnc3nc(N)[nH]c(=O)c3n2)C(=O)C(F)(F)F)cc1)C(C)=O)C(=O)OC.CNCCCCC(NC(=O)OCC1c2ccccc2-c2ccccc21)C(=O)OC.S=PP=S.S=PP=S.S=PP=S. The molecular formula is C82H101F3N14O17P6S6. The molecule has 2 heterocycles. The normalized spacial score (nSPS) is 12.7. The number of halogens is 3. The van der Waals surface area contributed by atoms with Gasteiger partial charge in [0.1, 0.15) is 31.3 Å². The number of nitrogens with zero attached hydrogens (tertiary/aromatic N) is 4. The largest absolute Gasteiger partial charge is 0.471 e. The van der Waals surface area contributed by atoms with Crippen LogP contribution in [-0.4, -0.2) is 197 Å². The topological polar surface area (TPSA) is 431 Å². The van der Waals surface area contributed by atoms with Crippen LogP contribution in [0.1, 0.15) is 147 Å². The molecule has 6 amide bonds. The van der Waals surface area contributed by atoms with Crippen molar-refractivity contribution >= 4 is 201 Å². The number of amides is 6. The molecule has 0 saturated carbocycles. The number of hydrogen-bond acceptors (Lipinski definition) is 30. The summed E-state index contributed by atoms with van der Waals surface area (Å²) in [6.07, 6.45) is 0.164. The second kappa shape index (κ2) is 61.6. The van der Waals surface area contributed by atoms with Crippen LogP contribution in [-0.2, 0) is 139 Å². The maximum absolute atomic E-state index is 13.6. The number of H-pyrrole nitrogens is 1. The molecule has 5 unspecified atom stereocenters. The highest BCUT2D eigenvalue weighted by Crippen LogP contribution is 2.46. The van der Waals surface area contributed by atoms with Gasteiger partial charge in [0, 0.05) is 78.2 Å². The lowest BCUT2D eigenvalue weighted by Gasteiger charge is -2.24. The molecule has 0 aliphatic heterocycles. The van der Waals surface area contributed by atoms with Gasteiger partial charge >= 0.3 is 42.2 Å². The molecule has 7 aromatic rings. The molecule has 31 nitrogen and oxygen atoms in total. The van der Waals surface area contributed by atoms with Crippen LogP contribution >= 0.6 is 42.3 Å². The van der Waals surface area contributed by atoms with Gasteiger partial charge in [-0.2, -0.15) is 18.2 Å². The molecular weight excluding hydrogens is 1890 g/mol. The number of carbonyl (C=O) groups is 11. The number of methoxy groups -OCH3 is 3. The van der Waals surface area contributed by atoms with Crippen LogP contribution < -0.4 is 58.7 Å². The summed E-state index contributed by atoms with van der Waals surface area (Å²) in [4.78, 5) is 163. The summed E-state index contributed by atoms with van der Waals surface area (Å²) in [5.41, 5.74) is 12.8. The fourth-order valence-corrected chi connectivity index (χ4v) is 13.2. The number of aromatic nitrogens is 4. The fraction of sp³-hybridized carbons (Fsp3) is 0.427. The molecule has 688 valence electrons. The number of alkyl carbamates (subject to hydrolysis) is 2. The smallest absolute Gasteiger partial charge is 0.467 e. The number of anilines is 2. The zero-order chi connectivity index (χ0) is 94.7.